The topological polar surface area (TPSA) is 71.3 Å². The third-order valence-corrected chi connectivity index (χ3v) is 6.04. The molecule has 0 fully saturated rings. The first-order chi connectivity index (χ1) is 14.1. The number of rotatable bonds is 11. The van der Waals surface area contributed by atoms with Crippen LogP contribution in [0.3, 0.4) is 0 Å². The van der Waals surface area contributed by atoms with Crippen molar-refractivity contribution in [3.8, 4) is 0 Å². The summed E-state index contributed by atoms with van der Waals surface area (Å²) in [6.45, 7) is 2.22. The molecule has 1 aliphatic carbocycles. The lowest BCUT2D eigenvalue weighted by Gasteiger charge is -2.25. The number of hydrogen-bond acceptors (Lipinski definition) is 2. The van der Waals surface area contributed by atoms with Gasteiger partial charge >= 0.3 is 5.97 Å². The predicted octanol–water partition coefficient (Wildman–Crippen LogP) is 4.84. The highest BCUT2D eigenvalue weighted by atomic mass is 16.4. The van der Waals surface area contributed by atoms with Crippen molar-refractivity contribution in [1.82, 2.24) is 9.88 Å². The molecular formula is C24H34N2O3. The highest BCUT2D eigenvalue weighted by molar-refractivity contribution is 5.87. The number of carboxylic acid groups (broad SMARTS) is 1. The molecule has 0 saturated heterocycles. The van der Waals surface area contributed by atoms with Crippen molar-refractivity contribution in [2.45, 2.75) is 90.1 Å². The van der Waals surface area contributed by atoms with Gasteiger partial charge in [0, 0.05) is 29.1 Å². The third-order valence-electron chi connectivity index (χ3n) is 6.04. The molecule has 1 aliphatic rings. The summed E-state index contributed by atoms with van der Waals surface area (Å²) in [5.41, 5.74) is 3.30. The minimum Gasteiger partial charge on any atom is -0.480 e. The number of hydrogen-bond donors (Lipinski definition) is 2. The van der Waals surface area contributed by atoms with Crippen molar-refractivity contribution in [2.24, 2.45) is 0 Å². The highest BCUT2D eigenvalue weighted by Crippen LogP contribution is 2.32. The van der Waals surface area contributed by atoms with Crippen LogP contribution in [0.25, 0.3) is 10.9 Å². The molecule has 2 aromatic rings. The maximum absolute atomic E-state index is 12.4. The number of carbonyl (C=O) groups excluding carboxylic acids is 1. The van der Waals surface area contributed by atoms with E-state index in [1.807, 2.05) is 22.8 Å². The number of carbonyl (C=O) groups is 2. The second-order valence-electron chi connectivity index (χ2n) is 8.30. The average molecular weight is 399 g/mol. The summed E-state index contributed by atoms with van der Waals surface area (Å²) < 4.78 is 1.93. The van der Waals surface area contributed by atoms with Gasteiger partial charge in [0.1, 0.15) is 6.54 Å². The largest absolute Gasteiger partial charge is 0.480 e. The zero-order chi connectivity index (χ0) is 20.6. The maximum atomic E-state index is 12.4. The van der Waals surface area contributed by atoms with E-state index in [9.17, 15) is 14.7 Å². The summed E-state index contributed by atoms with van der Waals surface area (Å²) in [6.07, 6.45) is 11.6. The highest BCUT2D eigenvalue weighted by Gasteiger charge is 2.26. The molecule has 1 heterocycles. The molecule has 0 spiro atoms. The van der Waals surface area contributed by atoms with Gasteiger partial charge in [0.25, 0.3) is 0 Å². The number of para-hydroxylation sites is 1. The van der Waals surface area contributed by atoms with E-state index in [1.165, 1.54) is 37.7 Å². The standard InChI is InChI=1S/C24H34N2O3/c1-2-3-4-5-6-7-8-13-23(27)25-18-14-15-22-20(16-18)19-11-9-10-12-21(19)26(22)17-24(28)29/h9-12,18H,2-8,13-17H2,1H3,(H,25,27)(H,28,29)/t18-/m0/s1. The Morgan fingerprint density at radius 3 is 2.59 bits per heavy atom. The molecule has 0 saturated carbocycles. The van der Waals surface area contributed by atoms with Crippen LogP contribution in [0.1, 0.15) is 76.0 Å². The Bertz CT molecular complexity index is 840. The molecule has 5 nitrogen and oxygen atoms in total. The van der Waals surface area contributed by atoms with Crippen LogP contribution >= 0.6 is 0 Å². The van der Waals surface area contributed by atoms with Crippen LogP contribution in [0.5, 0.6) is 0 Å². The van der Waals surface area contributed by atoms with Crippen molar-refractivity contribution in [3.05, 3.63) is 35.5 Å². The fraction of sp³-hybridized carbons (Fsp3) is 0.583. The fourth-order valence-electron chi connectivity index (χ4n) is 4.58. The van der Waals surface area contributed by atoms with Crippen LogP contribution in [-0.4, -0.2) is 27.6 Å². The molecule has 0 radical (unpaired) electrons. The molecule has 3 rings (SSSR count). The Hall–Kier alpha value is -2.30. The zero-order valence-corrected chi connectivity index (χ0v) is 17.6. The number of aromatic nitrogens is 1. The van der Waals surface area contributed by atoms with Crippen molar-refractivity contribution >= 4 is 22.8 Å². The molecule has 1 aromatic carbocycles. The van der Waals surface area contributed by atoms with Crippen LogP contribution < -0.4 is 5.32 Å². The third kappa shape index (κ3) is 5.62. The molecule has 2 N–H and O–H groups in total. The van der Waals surface area contributed by atoms with E-state index >= 15 is 0 Å². The van der Waals surface area contributed by atoms with E-state index in [-0.39, 0.29) is 18.5 Å². The summed E-state index contributed by atoms with van der Waals surface area (Å²) in [4.78, 5) is 23.7. The Balaban J connectivity index is 1.54. The van der Waals surface area contributed by atoms with E-state index in [1.54, 1.807) is 0 Å². The maximum Gasteiger partial charge on any atom is 0.323 e. The first-order valence-corrected chi connectivity index (χ1v) is 11.2. The van der Waals surface area contributed by atoms with Crippen molar-refractivity contribution in [1.29, 1.82) is 0 Å². The molecule has 0 unspecified atom stereocenters. The van der Waals surface area contributed by atoms with Gasteiger partial charge in [-0.1, -0.05) is 63.6 Å². The average Bonchev–Trinajstić information content (AvgIpc) is 3.00. The summed E-state index contributed by atoms with van der Waals surface area (Å²) >= 11 is 0. The van der Waals surface area contributed by atoms with E-state index in [2.05, 4.69) is 18.3 Å². The second kappa shape index (κ2) is 10.5. The summed E-state index contributed by atoms with van der Waals surface area (Å²) in [7, 11) is 0. The molecule has 0 bridgehead atoms. The van der Waals surface area contributed by atoms with Crippen LogP contribution in [0.4, 0.5) is 0 Å². The number of benzene rings is 1. The minimum absolute atomic E-state index is 0.00880. The van der Waals surface area contributed by atoms with Gasteiger partial charge in [0.05, 0.1) is 0 Å². The lowest BCUT2D eigenvalue weighted by molar-refractivity contribution is -0.137. The summed E-state index contributed by atoms with van der Waals surface area (Å²) in [5, 5.41) is 13.6. The summed E-state index contributed by atoms with van der Waals surface area (Å²) in [5.74, 6) is -0.667. The fourth-order valence-corrected chi connectivity index (χ4v) is 4.58. The van der Waals surface area contributed by atoms with Crippen molar-refractivity contribution in [3.63, 3.8) is 0 Å². The van der Waals surface area contributed by atoms with Gasteiger partial charge in [-0.2, -0.15) is 0 Å². The molecule has 29 heavy (non-hydrogen) atoms. The zero-order valence-electron chi connectivity index (χ0n) is 17.6. The van der Waals surface area contributed by atoms with Gasteiger partial charge in [-0.3, -0.25) is 9.59 Å². The van der Waals surface area contributed by atoms with Gasteiger partial charge in [-0.15, -0.1) is 0 Å². The molecule has 0 aliphatic heterocycles. The number of aliphatic carboxylic acids is 1. The van der Waals surface area contributed by atoms with Crippen molar-refractivity contribution < 1.29 is 14.7 Å². The van der Waals surface area contributed by atoms with E-state index in [0.717, 1.165) is 48.7 Å². The molecule has 158 valence electrons. The van der Waals surface area contributed by atoms with E-state index < -0.39 is 5.97 Å². The normalized spacial score (nSPS) is 16.0. The van der Waals surface area contributed by atoms with Crippen LogP contribution in [0.15, 0.2) is 24.3 Å². The Morgan fingerprint density at radius 2 is 1.83 bits per heavy atom. The SMILES string of the molecule is CCCCCCCCCC(=O)N[C@H]1CCc2c(c3ccccc3n2CC(=O)O)C1. The molecular weight excluding hydrogens is 364 g/mol. The number of amides is 1. The molecule has 1 atom stereocenters. The van der Waals surface area contributed by atoms with Gasteiger partial charge < -0.3 is 15.0 Å². The quantitative estimate of drug-likeness (QED) is 0.532. The predicted molar refractivity (Wildman–Crippen MR) is 116 cm³/mol. The lowest BCUT2D eigenvalue weighted by Crippen LogP contribution is -2.39. The Morgan fingerprint density at radius 1 is 1.10 bits per heavy atom. The minimum atomic E-state index is -0.821. The molecule has 1 amide bonds. The number of nitrogens with one attached hydrogen (secondary N) is 1. The lowest BCUT2D eigenvalue weighted by atomic mass is 9.91. The molecule has 1 aromatic heterocycles. The monoisotopic (exact) mass is 398 g/mol. The first kappa shape index (κ1) is 21.4. The molecule has 5 heteroatoms. The number of nitrogens with zero attached hydrogens (tertiary/aromatic N) is 1. The number of fused-ring (bicyclic) bond motifs is 3. The smallest absolute Gasteiger partial charge is 0.323 e. The number of unbranched alkanes of at least 4 members (excludes halogenated alkanes) is 6. The van der Waals surface area contributed by atoms with Gasteiger partial charge in [-0.05, 0) is 37.3 Å². The number of carboxylic acids is 1. The first-order valence-electron chi connectivity index (χ1n) is 11.2. The van der Waals surface area contributed by atoms with Crippen molar-refractivity contribution in [2.75, 3.05) is 0 Å². The Kier molecular flexibility index (Phi) is 7.73. The second-order valence-corrected chi connectivity index (χ2v) is 8.30. The van der Waals surface area contributed by atoms with Gasteiger partial charge in [0.15, 0.2) is 0 Å². The van der Waals surface area contributed by atoms with Crippen LogP contribution in [0, 0.1) is 0 Å². The Labute approximate surface area is 173 Å². The van der Waals surface area contributed by atoms with Gasteiger partial charge in [0.2, 0.25) is 5.91 Å². The van der Waals surface area contributed by atoms with E-state index in [0.29, 0.717) is 6.42 Å². The van der Waals surface area contributed by atoms with Gasteiger partial charge in [-0.25, -0.2) is 0 Å². The summed E-state index contributed by atoms with van der Waals surface area (Å²) in [6, 6.07) is 8.15. The van der Waals surface area contributed by atoms with E-state index in [4.69, 9.17) is 0 Å². The van der Waals surface area contributed by atoms with Crippen LogP contribution in [-0.2, 0) is 29.0 Å². The van der Waals surface area contributed by atoms with Crippen LogP contribution in [0.2, 0.25) is 0 Å².